The van der Waals surface area contributed by atoms with Crippen molar-refractivity contribution in [3.8, 4) is 0 Å². The Balaban J connectivity index is 2.34. The number of sulfonamides is 1. The summed E-state index contributed by atoms with van der Waals surface area (Å²) in [6.45, 7) is 6.35. The maximum absolute atomic E-state index is 12.9. The fourth-order valence-electron chi connectivity index (χ4n) is 2.93. The van der Waals surface area contributed by atoms with Crippen LogP contribution in [0.15, 0.2) is 29.2 Å². The molecular weight excluding hydrogens is 302 g/mol. The number of aryl methyl sites for hydroxylation is 1. The van der Waals surface area contributed by atoms with Crippen molar-refractivity contribution in [3.05, 3.63) is 29.8 Å². The first-order chi connectivity index (χ1) is 10.2. The molecule has 0 N–H and O–H groups in total. The molecule has 0 spiro atoms. The number of rotatable bonds is 4. The monoisotopic (exact) mass is 325 g/mol. The highest BCUT2D eigenvalue weighted by molar-refractivity contribution is 7.89. The molecule has 0 radical (unpaired) electrons. The van der Waals surface area contributed by atoms with Crippen LogP contribution in [0.25, 0.3) is 0 Å². The number of ether oxygens (including phenoxy) is 1. The van der Waals surface area contributed by atoms with Crippen LogP contribution in [0.4, 0.5) is 0 Å². The molecule has 0 aromatic heterocycles. The molecule has 0 aliphatic carbocycles. The van der Waals surface area contributed by atoms with Gasteiger partial charge in [-0.2, -0.15) is 4.31 Å². The van der Waals surface area contributed by atoms with Crippen LogP contribution >= 0.6 is 0 Å². The molecule has 1 aliphatic rings. The van der Waals surface area contributed by atoms with Gasteiger partial charge in [0.25, 0.3) is 0 Å². The summed E-state index contributed by atoms with van der Waals surface area (Å²) in [5.74, 6) is -0.383. The Bertz CT molecular complexity index is 649. The summed E-state index contributed by atoms with van der Waals surface area (Å²) in [5, 5.41) is 0. The van der Waals surface area contributed by atoms with Crippen molar-refractivity contribution >= 4 is 16.0 Å². The van der Waals surface area contributed by atoms with E-state index in [-0.39, 0.29) is 28.7 Å². The highest BCUT2D eigenvalue weighted by Gasteiger charge is 2.44. The van der Waals surface area contributed by atoms with Gasteiger partial charge in [-0.3, -0.25) is 4.79 Å². The SMILES string of the molecule is COC(=O)CC1CC(C)(C)CN1S(=O)(=O)c1ccc(C)cc1. The molecule has 1 fully saturated rings. The highest BCUT2D eigenvalue weighted by atomic mass is 32.2. The van der Waals surface area contributed by atoms with Crippen LogP contribution in [-0.2, 0) is 19.6 Å². The largest absolute Gasteiger partial charge is 0.469 e. The second kappa shape index (κ2) is 6.01. The summed E-state index contributed by atoms with van der Waals surface area (Å²) in [7, 11) is -2.28. The van der Waals surface area contributed by atoms with Gasteiger partial charge in [-0.1, -0.05) is 31.5 Å². The second-order valence-electron chi connectivity index (χ2n) is 6.67. The molecule has 1 aromatic carbocycles. The summed E-state index contributed by atoms with van der Waals surface area (Å²) < 4.78 is 31.9. The Morgan fingerprint density at radius 2 is 1.91 bits per heavy atom. The molecular formula is C16H23NO4S. The third-order valence-corrected chi connectivity index (χ3v) is 5.95. The van der Waals surface area contributed by atoms with E-state index in [4.69, 9.17) is 4.74 Å². The predicted molar refractivity (Wildman–Crippen MR) is 83.9 cm³/mol. The number of hydrogen-bond donors (Lipinski definition) is 0. The van der Waals surface area contributed by atoms with Crippen LogP contribution in [0.1, 0.15) is 32.3 Å². The van der Waals surface area contributed by atoms with Gasteiger partial charge in [-0.25, -0.2) is 8.42 Å². The Kier molecular flexibility index (Phi) is 4.63. The third kappa shape index (κ3) is 3.50. The van der Waals surface area contributed by atoms with E-state index in [0.29, 0.717) is 13.0 Å². The van der Waals surface area contributed by atoms with E-state index in [1.54, 1.807) is 24.3 Å². The molecule has 5 nitrogen and oxygen atoms in total. The predicted octanol–water partition coefficient (Wildman–Crippen LogP) is 2.35. The Morgan fingerprint density at radius 1 is 1.32 bits per heavy atom. The van der Waals surface area contributed by atoms with Crippen LogP contribution in [0.2, 0.25) is 0 Å². The number of esters is 1. The van der Waals surface area contributed by atoms with E-state index >= 15 is 0 Å². The molecule has 0 saturated carbocycles. The van der Waals surface area contributed by atoms with Gasteiger partial charge in [-0.05, 0) is 30.9 Å². The lowest BCUT2D eigenvalue weighted by Crippen LogP contribution is -2.37. The first kappa shape index (κ1) is 17.0. The summed E-state index contributed by atoms with van der Waals surface area (Å²) >= 11 is 0. The first-order valence-corrected chi connectivity index (χ1v) is 8.75. The number of hydrogen-bond acceptors (Lipinski definition) is 4. The minimum Gasteiger partial charge on any atom is -0.469 e. The van der Waals surface area contributed by atoms with Crippen molar-refractivity contribution in [1.82, 2.24) is 4.31 Å². The summed E-state index contributed by atoms with van der Waals surface area (Å²) in [4.78, 5) is 11.9. The maximum Gasteiger partial charge on any atom is 0.307 e. The van der Waals surface area contributed by atoms with E-state index in [1.807, 2.05) is 20.8 Å². The fourth-order valence-corrected chi connectivity index (χ4v) is 4.74. The zero-order valence-electron chi connectivity index (χ0n) is 13.5. The fraction of sp³-hybridized carbons (Fsp3) is 0.562. The van der Waals surface area contributed by atoms with Gasteiger partial charge in [0.05, 0.1) is 18.4 Å². The Labute approximate surface area is 132 Å². The van der Waals surface area contributed by atoms with Crippen LogP contribution < -0.4 is 0 Å². The van der Waals surface area contributed by atoms with Gasteiger partial charge < -0.3 is 4.74 Å². The topological polar surface area (TPSA) is 63.7 Å². The van der Waals surface area contributed by atoms with E-state index < -0.39 is 10.0 Å². The maximum atomic E-state index is 12.9. The third-order valence-electron chi connectivity index (χ3n) is 4.04. The quantitative estimate of drug-likeness (QED) is 0.797. The number of nitrogens with zero attached hydrogens (tertiary/aromatic N) is 1. The lowest BCUT2D eigenvalue weighted by atomic mass is 9.90. The van der Waals surface area contributed by atoms with E-state index in [2.05, 4.69) is 0 Å². The van der Waals surface area contributed by atoms with Crippen LogP contribution in [0.5, 0.6) is 0 Å². The van der Waals surface area contributed by atoms with Crippen molar-refractivity contribution in [3.63, 3.8) is 0 Å². The minimum absolute atomic E-state index is 0.0883. The molecule has 1 saturated heterocycles. The average molecular weight is 325 g/mol. The molecule has 6 heteroatoms. The number of methoxy groups -OCH3 is 1. The number of benzene rings is 1. The second-order valence-corrected chi connectivity index (χ2v) is 8.56. The smallest absolute Gasteiger partial charge is 0.307 e. The van der Waals surface area contributed by atoms with Crippen LogP contribution in [0.3, 0.4) is 0 Å². The molecule has 0 amide bonds. The van der Waals surface area contributed by atoms with Gasteiger partial charge in [0.2, 0.25) is 10.0 Å². The molecule has 122 valence electrons. The number of carbonyl (C=O) groups excluding carboxylic acids is 1. The zero-order chi connectivity index (χ0) is 16.5. The van der Waals surface area contributed by atoms with Crippen LogP contribution in [0, 0.1) is 12.3 Å². The molecule has 2 rings (SSSR count). The standard InChI is InChI=1S/C16H23NO4S/c1-12-5-7-14(8-6-12)22(19,20)17-11-16(2,3)10-13(17)9-15(18)21-4/h5-8,13H,9-11H2,1-4H3. The molecule has 0 bridgehead atoms. The summed E-state index contributed by atoms with van der Waals surface area (Å²) in [6, 6.07) is 6.44. The molecule has 22 heavy (non-hydrogen) atoms. The van der Waals surface area contributed by atoms with Crippen molar-refractivity contribution in [2.24, 2.45) is 5.41 Å². The normalized spacial score (nSPS) is 21.7. The van der Waals surface area contributed by atoms with Gasteiger partial charge in [0, 0.05) is 12.6 Å². The zero-order valence-corrected chi connectivity index (χ0v) is 14.3. The van der Waals surface area contributed by atoms with Gasteiger partial charge in [0.1, 0.15) is 0 Å². The van der Waals surface area contributed by atoms with Gasteiger partial charge >= 0.3 is 5.97 Å². The molecule has 1 atom stereocenters. The average Bonchev–Trinajstić information content (AvgIpc) is 2.74. The first-order valence-electron chi connectivity index (χ1n) is 7.31. The van der Waals surface area contributed by atoms with E-state index in [9.17, 15) is 13.2 Å². The highest BCUT2D eigenvalue weighted by Crippen LogP contribution is 2.38. The van der Waals surface area contributed by atoms with Crippen molar-refractivity contribution in [2.45, 2.75) is 44.6 Å². The van der Waals surface area contributed by atoms with Crippen molar-refractivity contribution in [1.29, 1.82) is 0 Å². The number of carbonyl (C=O) groups is 1. The van der Waals surface area contributed by atoms with Crippen LogP contribution in [-0.4, -0.2) is 38.4 Å². The summed E-state index contributed by atoms with van der Waals surface area (Å²) in [5.41, 5.74) is 0.850. The van der Waals surface area contributed by atoms with Gasteiger partial charge in [0.15, 0.2) is 0 Å². The molecule has 1 aliphatic heterocycles. The van der Waals surface area contributed by atoms with Crippen molar-refractivity contribution < 1.29 is 17.9 Å². The Morgan fingerprint density at radius 3 is 2.45 bits per heavy atom. The summed E-state index contributed by atoms with van der Waals surface area (Å²) in [6.07, 6.45) is 0.734. The molecule has 1 unspecified atom stereocenters. The molecule has 1 aromatic rings. The van der Waals surface area contributed by atoms with E-state index in [1.165, 1.54) is 11.4 Å². The lowest BCUT2D eigenvalue weighted by molar-refractivity contribution is -0.141. The van der Waals surface area contributed by atoms with Gasteiger partial charge in [-0.15, -0.1) is 0 Å². The Hall–Kier alpha value is -1.40. The van der Waals surface area contributed by atoms with Crippen molar-refractivity contribution in [2.75, 3.05) is 13.7 Å². The van der Waals surface area contributed by atoms with E-state index in [0.717, 1.165) is 5.56 Å². The molecule has 1 heterocycles. The minimum atomic E-state index is -3.60. The lowest BCUT2D eigenvalue weighted by Gasteiger charge is -2.23.